The van der Waals surface area contributed by atoms with Crippen molar-refractivity contribution in [3.05, 3.63) is 33.8 Å². The monoisotopic (exact) mass is 313 g/mol. The van der Waals surface area contributed by atoms with E-state index in [0.29, 0.717) is 21.7 Å². The SMILES string of the molecule is O=C(c1cccc(Cl)c1Cl)N1CCN(C2CNC2)CC1. The molecule has 6 heteroatoms. The first-order chi connectivity index (χ1) is 9.66. The molecule has 2 aliphatic rings. The summed E-state index contributed by atoms with van der Waals surface area (Å²) in [5.41, 5.74) is 0.498. The molecule has 0 saturated carbocycles. The fraction of sp³-hybridized carbons (Fsp3) is 0.500. The molecular formula is C14H17Cl2N3O. The standard InChI is InChI=1S/C14H17Cl2N3O/c15-12-3-1-2-11(13(12)16)14(20)19-6-4-18(5-7-19)10-8-17-9-10/h1-3,10,17H,4-9H2. The van der Waals surface area contributed by atoms with Gasteiger partial charge < -0.3 is 10.2 Å². The number of rotatable bonds is 2. The number of amides is 1. The molecule has 0 unspecified atom stereocenters. The Morgan fingerprint density at radius 3 is 2.45 bits per heavy atom. The third-order valence-electron chi connectivity index (χ3n) is 4.06. The van der Waals surface area contributed by atoms with Gasteiger partial charge in [-0.2, -0.15) is 0 Å². The maximum Gasteiger partial charge on any atom is 0.255 e. The van der Waals surface area contributed by atoms with Crippen molar-refractivity contribution in [3.8, 4) is 0 Å². The van der Waals surface area contributed by atoms with E-state index >= 15 is 0 Å². The minimum absolute atomic E-state index is 0.0242. The Labute approximate surface area is 128 Å². The summed E-state index contributed by atoms with van der Waals surface area (Å²) in [5.74, 6) is -0.0242. The lowest BCUT2D eigenvalue weighted by molar-refractivity contribution is 0.0502. The van der Waals surface area contributed by atoms with Crippen LogP contribution in [0.15, 0.2) is 18.2 Å². The second-order valence-electron chi connectivity index (χ2n) is 5.24. The summed E-state index contributed by atoms with van der Waals surface area (Å²) in [6.45, 7) is 5.48. The highest BCUT2D eigenvalue weighted by molar-refractivity contribution is 6.43. The molecule has 2 fully saturated rings. The van der Waals surface area contributed by atoms with Crippen LogP contribution in [-0.4, -0.2) is 61.0 Å². The lowest BCUT2D eigenvalue weighted by Gasteiger charge is -2.43. The van der Waals surface area contributed by atoms with Gasteiger partial charge in [-0.1, -0.05) is 29.3 Å². The van der Waals surface area contributed by atoms with Gasteiger partial charge in [0, 0.05) is 45.3 Å². The molecule has 108 valence electrons. The van der Waals surface area contributed by atoms with Gasteiger partial charge >= 0.3 is 0 Å². The molecule has 0 bridgehead atoms. The summed E-state index contributed by atoms with van der Waals surface area (Å²) in [6, 6.07) is 5.83. The number of hydrogen-bond acceptors (Lipinski definition) is 3. The maximum absolute atomic E-state index is 12.5. The molecule has 1 N–H and O–H groups in total. The van der Waals surface area contributed by atoms with E-state index in [1.165, 1.54) is 0 Å². The molecule has 0 radical (unpaired) electrons. The summed E-state index contributed by atoms with van der Waals surface area (Å²) in [5, 5.41) is 4.06. The molecule has 4 nitrogen and oxygen atoms in total. The van der Waals surface area contributed by atoms with Crippen LogP contribution in [0.25, 0.3) is 0 Å². The van der Waals surface area contributed by atoms with E-state index in [1.807, 2.05) is 4.90 Å². The minimum atomic E-state index is -0.0242. The lowest BCUT2D eigenvalue weighted by Crippen LogP contribution is -2.62. The number of hydrogen-bond donors (Lipinski definition) is 1. The average Bonchev–Trinajstić information content (AvgIpc) is 2.40. The molecule has 2 aliphatic heterocycles. The van der Waals surface area contributed by atoms with E-state index in [1.54, 1.807) is 18.2 Å². The van der Waals surface area contributed by atoms with Gasteiger partial charge in [0.2, 0.25) is 0 Å². The topological polar surface area (TPSA) is 35.6 Å². The first-order valence-electron chi connectivity index (χ1n) is 6.85. The van der Waals surface area contributed by atoms with E-state index in [2.05, 4.69) is 10.2 Å². The van der Waals surface area contributed by atoms with Crippen molar-refractivity contribution in [1.29, 1.82) is 0 Å². The number of piperazine rings is 1. The predicted molar refractivity (Wildman–Crippen MR) is 80.6 cm³/mol. The highest BCUT2D eigenvalue weighted by Gasteiger charge is 2.30. The summed E-state index contributed by atoms with van der Waals surface area (Å²) in [7, 11) is 0. The second-order valence-corrected chi connectivity index (χ2v) is 6.03. The van der Waals surface area contributed by atoms with Gasteiger partial charge in [-0.05, 0) is 12.1 Å². The molecule has 0 aromatic heterocycles. The van der Waals surface area contributed by atoms with Crippen LogP contribution in [-0.2, 0) is 0 Å². The van der Waals surface area contributed by atoms with Gasteiger partial charge in [0.05, 0.1) is 15.6 Å². The van der Waals surface area contributed by atoms with E-state index in [0.717, 1.165) is 39.3 Å². The van der Waals surface area contributed by atoms with Crippen molar-refractivity contribution < 1.29 is 4.79 Å². The summed E-state index contributed by atoms with van der Waals surface area (Å²) < 4.78 is 0. The van der Waals surface area contributed by atoms with Crippen LogP contribution in [0.2, 0.25) is 10.0 Å². The van der Waals surface area contributed by atoms with Gasteiger partial charge in [0.15, 0.2) is 0 Å². The van der Waals surface area contributed by atoms with Crippen LogP contribution < -0.4 is 5.32 Å². The molecule has 1 aromatic carbocycles. The van der Waals surface area contributed by atoms with Crippen molar-refractivity contribution in [1.82, 2.24) is 15.1 Å². The minimum Gasteiger partial charge on any atom is -0.336 e. The highest BCUT2D eigenvalue weighted by atomic mass is 35.5. The van der Waals surface area contributed by atoms with Gasteiger partial charge in [-0.3, -0.25) is 9.69 Å². The molecule has 2 heterocycles. The predicted octanol–water partition coefficient (Wildman–Crippen LogP) is 1.72. The number of benzene rings is 1. The van der Waals surface area contributed by atoms with Gasteiger partial charge in [-0.15, -0.1) is 0 Å². The van der Waals surface area contributed by atoms with Crippen LogP contribution in [0.4, 0.5) is 0 Å². The Morgan fingerprint density at radius 2 is 1.85 bits per heavy atom. The molecule has 1 aromatic rings. The molecule has 1 amide bonds. The van der Waals surface area contributed by atoms with Crippen LogP contribution in [0.5, 0.6) is 0 Å². The molecule has 20 heavy (non-hydrogen) atoms. The quantitative estimate of drug-likeness (QED) is 0.903. The molecule has 3 rings (SSSR count). The summed E-state index contributed by atoms with van der Waals surface area (Å²) in [4.78, 5) is 16.8. The molecule has 0 spiro atoms. The molecule has 0 atom stereocenters. The smallest absolute Gasteiger partial charge is 0.255 e. The number of halogens is 2. The summed E-state index contributed by atoms with van der Waals surface area (Å²) >= 11 is 12.1. The molecule has 0 aliphatic carbocycles. The van der Waals surface area contributed by atoms with E-state index in [9.17, 15) is 4.79 Å². The summed E-state index contributed by atoms with van der Waals surface area (Å²) in [6.07, 6.45) is 0. The van der Waals surface area contributed by atoms with E-state index < -0.39 is 0 Å². The fourth-order valence-electron chi connectivity index (χ4n) is 2.66. The number of nitrogens with zero attached hydrogens (tertiary/aromatic N) is 2. The Balaban J connectivity index is 1.65. The zero-order valence-corrected chi connectivity index (χ0v) is 12.6. The van der Waals surface area contributed by atoms with Gasteiger partial charge in [0.1, 0.15) is 0 Å². The normalized spacial score (nSPS) is 20.8. The van der Waals surface area contributed by atoms with Gasteiger partial charge in [-0.25, -0.2) is 0 Å². The molecular weight excluding hydrogens is 297 g/mol. The zero-order chi connectivity index (χ0) is 14.1. The Bertz CT molecular complexity index is 511. The van der Waals surface area contributed by atoms with Gasteiger partial charge in [0.25, 0.3) is 5.91 Å². The van der Waals surface area contributed by atoms with Crippen molar-refractivity contribution in [3.63, 3.8) is 0 Å². The Kier molecular flexibility index (Phi) is 4.17. The van der Waals surface area contributed by atoms with Crippen molar-refractivity contribution in [2.45, 2.75) is 6.04 Å². The highest BCUT2D eigenvalue weighted by Crippen LogP contribution is 2.26. The van der Waals surface area contributed by atoms with Crippen molar-refractivity contribution >= 4 is 29.1 Å². The third kappa shape index (κ3) is 2.66. The van der Waals surface area contributed by atoms with Crippen LogP contribution >= 0.6 is 23.2 Å². The number of carbonyl (C=O) groups excluding carboxylic acids is 1. The maximum atomic E-state index is 12.5. The molecule has 2 saturated heterocycles. The first-order valence-corrected chi connectivity index (χ1v) is 7.60. The first kappa shape index (κ1) is 14.1. The Morgan fingerprint density at radius 1 is 1.15 bits per heavy atom. The zero-order valence-electron chi connectivity index (χ0n) is 11.1. The average molecular weight is 314 g/mol. The Hall–Kier alpha value is -0.810. The number of nitrogens with one attached hydrogen (secondary N) is 1. The van der Waals surface area contributed by atoms with Crippen molar-refractivity contribution in [2.75, 3.05) is 39.3 Å². The third-order valence-corrected chi connectivity index (χ3v) is 4.88. The van der Waals surface area contributed by atoms with Crippen LogP contribution in [0.1, 0.15) is 10.4 Å². The largest absolute Gasteiger partial charge is 0.336 e. The van der Waals surface area contributed by atoms with Crippen LogP contribution in [0, 0.1) is 0 Å². The fourth-order valence-corrected chi connectivity index (χ4v) is 3.04. The van der Waals surface area contributed by atoms with Crippen molar-refractivity contribution in [2.24, 2.45) is 0 Å². The van der Waals surface area contributed by atoms with E-state index in [-0.39, 0.29) is 5.91 Å². The number of carbonyl (C=O) groups is 1. The lowest BCUT2D eigenvalue weighted by atomic mass is 10.1. The van der Waals surface area contributed by atoms with E-state index in [4.69, 9.17) is 23.2 Å². The second kappa shape index (κ2) is 5.90. The van der Waals surface area contributed by atoms with Crippen LogP contribution in [0.3, 0.4) is 0 Å².